The molecule has 5 heteroatoms. The lowest BCUT2D eigenvalue weighted by Crippen LogP contribution is -2.27. The van der Waals surface area contributed by atoms with Crippen LogP contribution in [-0.4, -0.2) is 20.7 Å². The molecule has 0 radical (unpaired) electrons. The third-order valence-corrected chi connectivity index (χ3v) is 3.93. The van der Waals surface area contributed by atoms with E-state index in [1.165, 1.54) is 5.56 Å². The number of carbonyl (C=O) groups excluding carboxylic acids is 1. The molecule has 2 aromatic heterocycles. The molecule has 3 rings (SSSR count). The monoisotopic (exact) mass is 308 g/mol. The maximum Gasteiger partial charge on any atom is 0.222 e. The van der Waals surface area contributed by atoms with Crippen molar-refractivity contribution < 1.29 is 4.79 Å². The van der Waals surface area contributed by atoms with Gasteiger partial charge in [0.1, 0.15) is 0 Å². The van der Waals surface area contributed by atoms with Crippen LogP contribution < -0.4 is 5.32 Å². The van der Waals surface area contributed by atoms with E-state index in [-0.39, 0.29) is 11.9 Å². The maximum absolute atomic E-state index is 12.1. The summed E-state index contributed by atoms with van der Waals surface area (Å²) in [4.78, 5) is 16.1. The van der Waals surface area contributed by atoms with Gasteiger partial charge in [0.15, 0.2) is 0 Å². The van der Waals surface area contributed by atoms with Gasteiger partial charge in [-0.15, -0.1) is 0 Å². The molecule has 0 spiro atoms. The van der Waals surface area contributed by atoms with Gasteiger partial charge in [-0.05, 0) is 43.7 Å². The summed E-state index contributed by atoms with van der Waals surface area (Å²) in [5.41, 5.74) is 3.32. The average molecular weight is 308 g/mol. The number of aromatic nitrogens is 3. The number of nitrogens with one attached hydrogen (secondary N) is 1. The molecule has 0 saturated heterocycles. The van der Waals surface area contributed by atoms with Crippen LogP contribution in [0.25, 0.3) is 10.9 Å². The van der Waals surface area contributed by atoms with E-state index in [2.05, 4.69) is 40.5 Å². The predicted molar refractivity (Wildman–Crippen MR) is 89.9 cm³/mol. The van der Waals surface area contributed by atoms with Crippen LogP contribution >= 0.6 is 0 Å². The van der Waals surface area contributed by atoms with Crippen LogP contribution in [0, 0.1) is 6.92 Å². The number of amides is 1. The second kappa shape index (κ2) is 6.60. The van der Waals surface area contributed by atoms with Crippen molar-refractivity contribution in [3.63, 3.8) is 0 Å². The molecule has 0 bridgehead atoms. The zero-order valence-electron chi connectivity index (χ0n) is 13.4. The molecule has 2 heterocycles. The van der Waals surface area contributed by atoms with E-state index in [1.54, 1.807) is 12.4 Å². The minimum absolute atomic E-state index is 0.0186. The van der Waals surface area contributed by atoms with Gasteiger partial charge in [-0.25, -0.2) is 0 Å². The van der Waals surface area contributed by atoms with Crippen LogP contribution in [0.2, 0.25) is 0 Å². The van der Waals surface area contributed by atoms with Gasteiger partial charge in [-0.1, -0.05) is 11.6 Å². The SMILES string of the molecule is Cc1ccc2c(cnn2CCC(=O)NC(C)c2ccncc2)c1. The van der Waals surface area contributed by atoms with Crippen molar-refractivity contribution >= 4 is 16.8 Å². The first kappa shape index (κ1) is 15.2. The lowest BCUT2D eigenvalue weighted by atomic mass is 10.1. The summed E-state index contributed by atoms with van der Waals surface area (Å²) in [5, 5.41) is 8.49. The molecule has 1 aromatic carbocycles. The summed E-state index contributed by atoms with van der Waals surface area (Å²) in [5.74, 6) is 0.0186. The fourth-order valence-corrected chi connectivity index (χ4v) is 2.64. The van der Waals surface area contributed by atoms with Crippen molar-refractivity contribution in [2.75, 3.05) is 0 Å². The Hall–Kier alpha value is -2.69. The first-order chi connectivity index (χ1) is 11.1. The minimum Gasteiger partial charge on any atom is -0.350 e. The Labute approximate surface area is 135 Å². The molecule has 1 atom stereocenters. The second-order valence-electron chi connectivity index (χ2n) is 5.75. The summed E-state index contributed by atoms with van der Waals surface area (Å²) in [6.07, 6.45) is 5.71. The van der Waals surface area contributed by atoms with E-state index >= 15 is 0 Å². The lowest BCUT2D eigenvalue weighted by Gasteiger charge is -2.14. The molecule has 0 aliphatic rings. The normalized spacial score (nSPS) is 12.3. The highest BCUT2D eigenvalue weighted by Gasteiger charge is 2.10. The number of benzene rings is 1. The van der Waals surface area contributed by atoms with Gasteiger partial charge in [0.2, 0.25) is 5.91 Å². The van der Waals surface area contributed by atoms with Gasteiger partial charge in [-0.3, -0.25) is 14.5 Å². The Morgan fingerprint density at radius 3 is 2.83 bits per heavy atom. The Kier molecular flexibility index (Phi) is 4.37. The van der Waals surface area contributed by atoms with Crippen LogP contribution in [0.1, 0.15) is 30.5 Å². The molecule has 1 unspecified atom stereocenters. The topological polar surface area (TPSA) is 59.8 Å². The molecule has 0 aliphatic heterocycles. The number of hydrogen-bond donors (Lipinski definition) is 1. The molecule has 1 N–H and O–H groups in total. The van der Waals surface area contributed by atoms with Gasteiger partial charge in [0, 0.05) is 24.2 Å². The van der Waals surface area contributed by atoms with Crippen molar-refractivity contribution in [1.29, 1.82) is 0 Å². The molecule has 23 heavy (non-hydrogen) atoms. The molecule has 1 amide bonds. The smallest absolute Gasteiger partial charge is 0.222 e. The molecular weight excluding hydrogens is 288 g/mol. The first-order valence-electron chi connectivity index (χ1n) is 7.75. The Morgan fingerprint density at radius 2 is 2.04 bits per heavy atom. The number of pyridine rings is 1. The molecule has 0 aliphatic carbocycles. The van der Waals surface area contributed by atoms with Gasteiger partial charge in [0.25, 0.3) is 0 Å². The third-order valence-electron chi connectivity index (χ3n) is 3.93. The number of aryl methyl sites for hydroxylation is 2. The Bertz CT molecular complexity index is 810. The van der Waals surface area contributed by atoms with Crippen molar-refractivity contribution in [2.45, 2.75) is 32.9 Å². The van der Waals surface area contributed by atoms with Gasteiger partial charge >= 0.3 is 0 Å². The largest absolute Gasteiger partial charge is 0.350 e. The zero-order chi connectivity index (χ0) is 16.2. The average Bonchev–Trinajstić information content (AvgIpc) is 2.95. The molecular formula is C18H20N4O. The number of fused-ring (bicyclic) bond motifs is 1. The molecule has 5 nitrogen and oxygen atoms in total. The highest BCUT2D eigenvalue weighted by atomic mass is 16.1. The van der Waals surface area contributed by atoms with Crippen LogP contribution in [0.4, 0.5) is 0 Å². The van der Waals surface area contributed by atoms with Gasteiger partial charge < -0.3 is 5.32 Å². The third kappa shape index (κ3) is 3.56. The lowest BCUT2D eigenvalue weighted by molar-refractivity contribution is -0.122. The number of carbonyl (C=O) groups is 1. The van der Waals surface area contributed by atoms with Crippen molar-refractivity contribution in [1.82, 2.24) is 20.1 Å². The fraction of sp³-hybridized carbons (Fsp3) is 0.278. The van der Waals surface area contributed by atoms with Crippen LogP contribution in [0.5, 0.6) is 0 Å². The maximum atomic E-state index is 12.1. The van der Waals surface area contributed by atoms with E-state index < -0.39 is 0 Å². The summed E-state index contributed by atoms with van der Waals surface area (Å²) in [6.45, 7) is 4.60. The second-order valence-corrected chi connectivity index (χ2v) is 5.75. The fourth-order valence-electron chi connectivity index (χ4n) is 2.64. The van der Waals surface area contributed by atoms with E-state index in [4.69, 9.17) is 0 Å². The number of rotatable bonds is 5. The van der Waals surface area contributed by atoms with Crippen LogP contribution in [-0.2, 0) is 11.3 Å². The molecule has 118 valence electrons. The molecule has 3 aromatic rings. The van der Waals surface area contributed by atoms with Gasteiger partial charge in [0.05, 0.1) is 24.3 Å². The van der Waals surface area contributed by atoms with Crippen molar-refractivity contribution in [2.24, 2.45) is 0 Å². The highest BCUT2D eigenvalue weighted by molar-refractivity contribution is 5.80. The number of hydrogen-bond acceptors (Lipinski definition) is 3. The van der Waals surface area contributed by atoms with E-state index in [0.717, 1.165) is 16.5 Å². The van der Waals surface area contributed by atoms with Crippen LogP contribution in [0.15, 0.2) is 48.9 Å². The predicted octanol–water partition coefficient (Wildman–Crippen LogP) is 3.01. The number of nitrogens with zero attached hydrogens (tertiary/aromatic N) is 3. The Morgan fingerprint density at radius 1 is 1.26 bits per heavy atom. The molecule has 0 saturated carbocycles. The van der Waals surface area contributed by atoms with Crippen LogP contribution in [0.3, 0.4) is 0 Å². The summed E-state index contributed by atoms with van der Waals surface area (Å²) < 4.78 is 1.88. The minimum atomic E-state index is -0.0254. The standard InChI is InChI=1S/C18H20N4O/c1-13-3-4-17-16(11-13)12-20-22(17)10-7-18(23)21-14(2)15-5-8-19-9-6-15/h3-6,8-9,11-12,14H,7,10H2,1-2H3,(H,21,23). The van der Waals surface area contributed by atoms with E-state index in [0.29, 0.717) is 13.0 Å². The summed E-state index contributed by atoms with van der Waals surface area (Å²) in [6, 6.07) is 10.0. The Balaban J connectivity index is 1.60. The summed E-state index contributed by atoms with van der Waals surface area (Å²) >= 11 is 0. The summed E-state index contributed by atoms with van der Waals surface area (Å²) in [7, 11) is 0. The van der Waals surface area contributed by atoms with E-state index in [9.17, 15) is 4.79 Å². The molecule has 0 fully saturated rings. The first-order valence-corrected chi connectivity index (χ1v) is 7.75. The quantitative estimate of drug-likeness (QED) is 0.788. The van der Waals surface area contributed by atoms with Crippen molar-refractivity contribution in [3.8, 4) is 0 Å². The van der Waals surface area contributed by atoms with E-state index in [1.807, 2.05) is 29.9 Å². The van der Waals surface area contributed by atoms with Gasteiger partial charge in [-0.2, -0.15) is 5.10 Å². The van der Waals surface area contributed by atoms with Crippen molar-refractivity contribution in [3.05, 3.63) is 60.0 Å². The zero-order valence-corrected chi connectivity index (χ0v) is 13.4. The highest BCUT2D eigenvalue weighted by Crippen LogP contribution is 2.16.